The van der Waals surface area contributed by atoms with Crippen molar-refractivity contribution in [3.05, 3.63) is 61.2 Å². The average molecular weight is 216 g/mol. The average Bonchev–Trinajstić information content (AvgIpc) is 2.38. The zero-order valence-corrected chi connectivity index (χ0v) is 9.48. The fraction of sp³-hybridized carbons (Fsp3) is 0.0714. The Morgan fingerprint density at radius 3 is 1.94 bits per heavy atom. The Labute approximate surface area is 96.6 Å². The second-order valence-corrected chi connectivity index (χ2v) is 2.81. The van der Waals surface area contributed by atoms with E-state index in [1.54, 1.807) is 0 Å². The van der Waals surface area contributed by atoms with Gasteiger partial charge in [0.2, 0.25) is 0 Å². The molecule has 0 radical (unpaired) electrons. The van der Waals surface area contributed by atoms with Gasteiger partial charge in [-0.05, 0) is 17.2 Å². The number of methoxy groups -OCH3 is 1. The number of hydrogen-bond acceptors (Lipinski definition) is 2. The Hall–Kier alpha value is -2.09. The second kappa shape index (κ2) is 8.24. The summed E-state index contributed by atoms with van der Waals surface area (Å²) in [5.41, 5.74) is 2.27. The summed E-state index contributed by atoms with van der Waals surface area (Å²) < 4.78 is 4.14. The molecule has 1 aromatic rings. The SMILES string of the molecule is C=CC(=O)OC.C=Cc1cccc(C=C)c1. The Balaban J connectivity index is 0.000000325. The molecule has 1 rings (SSSR count). The quantitative estimate of drug-likeness (QED) is 0.572. The van der Waals surface area contributed by atoms with Gasteiger partial charge in [-0.25, -0.2) is 4.79 Å². The molecule has 0 amide bonds. The molecule has 2 heteroatoms. The van der Waals surface area contributed by atoms with Crippen LogP contribution < -0.4 is 0 Å². The first-order valence-corrected chi connectivity index (χ1v) is 4.73. The fourth-order valence-electron chi connectivity index (χ4n) is 0.896. The van der Waals surface area contributed by atoms with Crippen LogP contribution in [0, 0.1) is 0 Å². The van der Waals surface area contributed by atoms with Crippen molar-refractivity contribution in [3.63, 3.8) is 0 Å². The lowest BCUT2D eigenvalue weighted by atomic mass is 10.1. The number of hydrogen-bond donors (Lipinski definition) is 0. The van der Waals surface area contributed by atoms with Crippen molar-refractivity contribution < 1.29 is 9.53 Å². The lowest BCUT2D eigenvalue weighted by Gasteiger charge is -1.93. The highest BCUT2D eigenvalue weighted by Crippen LogP contribution is 2.06. The van der Waals surface area contributed by atoms with Gasteiger partial charge in [0.1, 0.15) is 0 Å². The lowest BCUT2D eigenvalue weighted by Crippen LogP contribution is -1.91. The number of benzene rings is 1. The van der Waals surface area contributed by atoms with Crippen LogP contribution in [0.4, 0.5) is 0 Å². The molecule has 0 bridgehead atoms. The molecule has 0 saturated heterocycles. The highest BCUT2D eigenvalue weighted by atomic mass is 16.5. The molecule has 0 aliphatic carbocycles. The minimum absolute atomic E-state index is 0.394. The number of esters is 1. The van der Waals surface area contributed by atoms with Crippen molar-refractivity contribution in [2.75, 3.05) is 7.11 Å². The van der Waals surface area contributed by atoms with Crippen LogP contribution in [0.15, 0.2) is 50.1 Å². The van der Waals surface area contributed by atoms with E-state index in [0.717, 1.165) is 17.2 Å². The van der Waals surface area contributed by atoms with Crippen LogP contribution in [0.25, 0.3) is 12.2 Å². The van der Waals surface area contributed by atoms with Crippen LogP contribution >= 0.6 is 0 Å². The topological polar surface area (TPSA) is 26.3 Å². The molecule has 16 heavy (non-hydrogen) atoms. The van der Waals surface area contributed by atoms with Gasteiger partial charge in [-0.15, -0.1) is 0 Å². The number of carbonyl (C=O) groups excluding carboxylic acids is 1. The molecule has 0 spiro atoms. The Kier molecular flexibility index (Phi) is 7.16. The monoisotopic (exact) mass is 216 g/mol. The minimum Gasteiger partial charge on any atom is -0.466 e. The minimum atomic E-state index is -0.394. The van der Waals surface area contributed by atoms with Crippen LogP contribution in [0.5, 0.6) is 0 Å². The summed E-state index contributed by atoms with van der Waals surface area (Å²) in [5.74, 6) is -0.394. The van der Waals surface area contributed by atoms with Gasteiger partial charge >= 0.3 is 5.97 Å². The highest BCUT2D eigenvalue weighted by molar-refractivity contribution is 5.80. The van der Waals surface area contributed by atoms with Crippen LogP contribution in [0.2, 0.25) is 0 Å². The second-order valence-electron chi connectivity index (χ2n) is 2.81. The molecule has 0 fully saturated rings. The Morgan fingerprint density at radius 2 is 1.69 bits per heavy atom. The van der Waals surface area contributed by atoms with E-state index in [9.17, 15) is 4.79 Å². The number of carbonyl (C=O) groups is 1. The molecule has 1 aromatic carbocycles. The lowest BCUT2D eigenvalue weighted by molar-refractivity contribution is -0.134. The molecule has 0 N–H and O–H groups in total. The maximum Gasteiger partial charge on any atom is 0.329 e. The van der Waals surface area contributed by atoms with Gasteiger partial charge < -0.3 is 4.74 Å². The van der Waals surface area contributed by atoms with Crippen LogP contribution in [-0.2, 0) is 9.53 Å². The molecule has 0 aromatic heterocycles. The zero-order chi connectivity index (χ0) is 12.4. The molecular formula is C14H16O2. The molecule has 2 nitrogen and oxygen atoms in total. The van der Waals surface area contributed by atoms with E-state index >= 15 is 0 Å². The van der Waals surface area contributed by atoms with Crippen molar-refractivity contribution in [1.82, 2.24) is 0 Å². The van der Waals surface area contributed by atoms with Gasteiger partial charge in [-0.3, -0.25) is 0 Å². The van der Waals surface area contributed by atoms with Crippen molar-refractivity contribution in [2.45, 2.75) is 0 Å². The predicted octanol–water partition coefficient (Wildman–Crippen LogP) is 3.32. The fourth-order valence-corrected chi connectivity index (χ4v) is 0.896. The summed E-state index contributed by atoms with van der Waals surface area (Å²) in [6, 6.07) is 8.06. The molecular weight excluding hydrogens is 200 g/mol. The molecule has 0 saturated carbocycles. The van der Waals surface area contributed by atoms with E-state index in [-0.39, 0.29) is 0 Å². The largest absolute Gasteiger partial charge is 0.466 e. The van der Waals surface area contributed by atoms with E-state index in [2.05, 4.69) is 24.5 Å². The molecule has 0 atom stereocenters. The summed E-state index contributed by atoms with van der Waals surface area (Å²) in [5, 5.41) is 0. The van der Waals surface area contributed by atoms with Crippen LogP contribution in [0.1, 0.15) is 11.1 Å². The van der Waals surface area contributed by atoms with Crippen molar-refractivity contribution in [2.24, 2.45) is 0 Å². The standard InChI is InChI=1S/C10H10.C4H6O2/c1-3-9-6-5-7-10(4-2)8-9;1-3-4(5)6-2/h3-8H,1-2H2;3H,1H2,2H3. The van der Waals surface area contributed by atoms with Crippen LogP contribution in [0.3, 0.4) is 0 Å². The molecule has 0 unspecified atom stereocenters. The van der Waals surface area contributed by atoms with Gasteiger partial charge in [0.15, 0.2) is 0 Å². The maximum absolute atomic E-state index is 9.84. The van der Waals surface area contributed by atoms with Gasteiger partial charge in [-0.2, -0.15) is 0 Å². The normalized spacial score (nSPS) is 8.06. The highest BCUT2D eigenvalue weighted by Gasteiger charge is 1.85. The first-order chi connectivity index (χ1) is 7.67. The van der Waals surface area contributed by atoms with Gasteiger partial charge in [0.05, 0.1) is 7.11 Å². The third-order valence-corrected chi connectivity index (χ3v) is 1.75. The van der Waals surface area contributed by atoms with Crippen LogP contribution in [-0.4, -0.2) is 13.1 Å². The first-order valence-electron chi connectivity index (χ1n) is 4.73. The summed E-state index contributed by atoms with van der Waals surface area (Å²) in [6.45, 7) is 10.5. The van der Waals surface area contributed by atoms with E-state index in [0.29, 0.717) is 0 Å². The third kappa shape index (κ3) is 5.60. The number of rotatable bonds is 3. The van der Waals surface area contributed by atoms with E-state index < -0.39 is 5.97 Å². The molecule has 0 heterocycles. The number of ether oxygens (including phenoxy) is 1. The van der Waals surface area contributed by atoms with Gasteiger partial charge in [-0.1, -0.05) is 50.1 Å². The molecule has 84 valence electrons. The van der Waals surface area contributed by atoms with Crippen molar-refractivity contribution in [1.29, 1.82) is 0 Å². The third-order valence-electron chi connectivity index (χ3n) is 1.75. The predicted molar refractivity (Wildman–Crippen MR) is 68.8 cm³/mol. The Bertz CT molecular complexity index is 355. The van der Waals surface area contributed by atoms with Crippen molar-refractivity contribution >= 4 is 18.1 Å². The summed E-state index contributed by atoms with van der Waals surface area (Å²) in [6.07, 6.45) is 4.76. The summed E-state index contributed by atoms with van der Waals surface area (Å²) in [4.78, 5) is 9.84. The maximum atomic E-state index is 9.84. The van der Waals surface area contributed by atoms with E-state index in [4.69, 9.17) is 0 Å². The van der Waals surface area contributed by atoms with E-state index in [1.165, 1.54) is 7.11 Å². The first kappa shape index (κ1) is 13.9. The van der Waals surface area contributed by atoms with Gasteiger partial charge in [0, 0.05) is 6.08 Å². The van der Waals surface area contributed by atoms with Crippen molar-refractivity contribution in [3.8, 4) is 0 Å². The molecule has 0 aliphatic heterocycles. The molecule has 0 aliphatic rings. The Morgan fingerprint density at radius 1 is 1.19 bits per heavy atom. The summed E-state index contributed by atoms with van der Waals surface area (Å²) in [7, 11) is 1.31. The summed E-state index contributed by atoms with van der Waals surface area (Å²) >= 11 is 0. The zero-order valence-electron chi connectivity index (χ0n) is 9.48. The smallest absolute Gasteiger partial charge is 0.329 e. The van der Waals surface area contributed by atoms with E-state index in [1.807, 2.05) is 36.4 Å². The van der Waals surface area contributed by atoms with Gasteiger partial charge in [0.25, 0.3) is 0 Å².